The molecule has 7 heteroatoms. The molecule has 1 aromatic carbocycles. The van der Waals surface area contributed by atoms with Gasteiger partial charge in [0.15, 0.2) is 0 Å². The van der Waals surface area contributed by atoms with Gasteiger partial charge in [0, 0.05) is 30.3 Å². The SMILES string of the molecule is Cl.OC(CNC1CCOCC1)COCCOc1ccc(Br)cc1. The fourth-order valence-corrected chi connectivity index (χ4v) is 2.50. The van der Waals surface area contributed by atoms with Crippen molar-refractivity contribution < 1.29 is 19.3 Å². The van der Waals surface area contributed by atoms with Gasteiger partial charge in [0.05, 0.1) is 19.3 Å². The molecule has 2 rings (SSSR count). The van der Waals surface area contributed by atoms with Crippen molar-refractivity contribution >= 4 is 28.3 Å². The Labute approximate surface area is 152 Å². The second kappa shape index (κ2) is 12.1. The summed E-state index contributed by atoms with van der Waals surface area (Å²) in [5.74, 6) is 0.813. The van der Waals surface area contributed by atoms with Crippen LogP contribution in [-0.4, -0.2) is 56.8 Å². The summed E-state index contributed by atoms with van der Waals surface area (Å²) in [6.07, 6.45) is 1.53. The molecule has 1 aliphatic rings. The highest BCUT2D eigenvalue weighted by Crippen LogP contribution is 2.15. The number of nitrogens with one attached hydrogen (secondary N) is 1. The van der Waals surface area contributed by atoms with Crippen LogP contribution in [0.2, 0.25) is 0 Å². The summed E-state index contributed by atoms with van der Waals surface area (Å²) in [5.41, 5.74) is 0. The zero-order chi connectivity index (χ0) is 15.6. The average Bonchev–Trinajstić information content (AvgIpc) is 2.55. The highest BCUT2D eigenvalue weighted by Gasteiger charge is 2.14. The van der Waals surface area contributed by atoms with E-state index in [1.165, 1.54) is 0 Å². The molecule has 1 saturated heterocycles. The highest BCUT2D eigenvalue weighted by molar-refractivity contribution is 9.10. The Hall–Kier alpha value is -0.370. The Morgan fingerprint density at radius 1 is 1.22 bits per heavy atom. The summed E-state index contributed by atoms with van der Waals surface area (Å²) < 4.78 is 17.3. The molecule has 0 radical (unpaired) electrons. The van der Waals surface area contributed by atoms with Crippen LogP contribution >= 0.6 is 28.3 Å². The Morgan fingerprint density at radius 3 is 2.61 bits per heavy atom. The molecule has 2 N–H and O–H groups in total. The van der Waals surface area contributed by atoms with E-state index in [1.54, 1.807) is 0 Å². The van der Waals surface area contributed by atoms with Crippen LogP contribution in [0.3, 0.4) is 0 Å². The van der Waals surface area contributed by atoms with Crippen LogP contribution in [0.1, 0.15) is 12.8 Å². The van der Waals surface area contributed by atoms with Gasteiger partial charge in [-0.3, -0.25) is 0 Å². The monoisotopic (exact) mass is 409 g/mol. The molecule has 1 fully saturated rings. The number of benzene rings is 1. The van der Waals surface area contributed by atoms with E-state index in [4.69, 9.17) is 14.2 Å². The largest absolute Gasteiger partial charge is 0.491 e. The fourth-order valence-electron chi connectivity index (χ4n) is 2.23. The first-order chi connectivity index (χ1) is 10.7. The summed E-state index contributed by atoms with van der Waals surface area (Å²) >= 11 is 3.38. The van der Waals surface area contributed by atoms with E-state index < -0.39 is 6.10 Å². The van der Waals surface area contributed by atoms with E-state index in [2.05, 4.69) is 21.2 Å². The molecule has 0 aromatic heterocycles. The van der Waals surface area contributed by atoms with Crippen molar-refractivity contribution in [3.8, 4) is 5.75 Å². The lowest BCUT2D eigenvalue weighted by atomic mass is 10.1. The molecule has 132 valence electrons. The zero-order valence-electron chi connectivity index (χ0n) is 13.1. The number of rotatable bonds is 9. The highest BCUT2D eigenvalue weighted by atomic mass is 79.9. The van der Waals surface area contributed by atoms with Gasteiger partial charge in [0.1, 0.15) is 12.4 Å². The zero-order valence-corrected chi connectivity index (χ0v) is 15.5. The van der Waals surface area contributed by atoms with Gasteiger partial charge in [-0.2, -0.15) is 0 Å². The number of aliphatic hydroxyl groups is 1. The maximum Gasteiger partial charge on any atom is 0.119 e. The minimum Gasteiger partial charge on any atom is -0.491 e. The smallest absolute Gasteiger partial charge is 0.119 e. The number of aliphatic hydroxyl groups excluding tert-OH is 1. The van der Waals surface area contributed by atoms with Gasteiger partial charge in [0.2, 0.25) is 0 Å². The topological polar surface area (TPSA) is 60.0 Å². The summed E-state index contributed by atoms with van der Waals surface area (Å²) in [5, 5.41) is 13.2. The van der Waals surface area contributed by atoms with Crippen LogP contribution in [0.25, 0.3) is 0 Å². The van der Waals surface area contributed by atoms with E-state index in [-0.39, 0.29) is 12.4 Å². The molecule has 0 bridgehead atoms. The van der Waals surface area contributed by atoms with Crippen LogP contribution in [-0.2, 0) is 9.47 Å². The van der Waals surface area contributed by atoms with E-state index >= 15 is 0 Å². The number of ether oxygens (including phenoxy) is 3. The van der Waals surface area contributed by atoms with Crippen molar-refractivity contribution in [3.05, 3.63) is 28.7 Å². The maximum atomic E-state index is 9.86. The van der Waals surface area contributed by atoms with Crippen molar-refractivity contribution in [2.45, 2.75) is 25.0 Å². The Balaban J connectivity index is 0.00000264. The summed E-state index contributed by atoms with van der Waals surface area (Å²) in [6, 6.07) is 8.11. The second-order valence-corrected chi connectivity index (χ2v) is 6.24. The van der Waals surface area contributed by atoms with Gasteiger partial charge in [-0.25, -0.2) is 0 Å². The lowest BCUT2D eigenvalue weighted by Gasteiger charge is -2.24. The Kier molecular flexibility index (Phi) is 10.8. The molecule has 0 amide bonds. The molecule has 0 saturated carbocycles. The van der Waals surface area contributed by atoms with Crippen LogP contribution in [0.5, 0.6) is 5.75 Å². The van der Waals surface area contributed by atoms with Crippen molar-refractivity contribution in [1.29, 1.82) is 0 Å². The van der Waals surface area contributed by atoms with E-state index in [0.717, 1.165) is 36.3 Å². The minimum absolute atomic E-state index is 0. The summed E-state index contributed by atoms with van der Waals surface area (Å²) in [7, 11) is 0. The molecular formula is C16H25BrClNO4. The molecule has 1 heterocycles. The molecule has 1 aliphatic heterocycles. The first kappa shape index (κ1) is 20.7. The molecule has 0 spiro atoms. The van der Waals surface area contributed by atoms with Crippen LogP contribution in [0.15, 0.2) is 28.7 Å². The first-order valence-electron chi connectivity index (χ1n) is 7.69. The summed E-state index contributed by atoms with van der Waals surface area (Å²) in [6.45, 7) is 3.42. The fraction of sp³-hybridized carbons (Fsp3) is 0.625. The normalized spacial score (nSPS) is 16.6. The van der Waals surface area contributed by atoms with E-state index in [1.807, 2.05) is 24.3 Å². The van der Waals surface area contributed by atoms with E-state index in [0.29, 0.717) is 32.4 Å². The number of hydrogen-bond acceptors (Lipinski definition) is 5. The van der Waals surface area contributed by atoms with E-state index in [9.17, 15) is 5.11 Å². The van der Waals surface area contributed by atoms with Gasteiger partial charge >= 0.3 is 0 Å². The van der Waals surface area contributed by atoms with Gasteiger partial charge in [-0.1, -0.05) is 15.9 Å². The van der Waals surface area contributed by atoms with Gasteiger partial charge in [-0.05, 0) is 37.1 Å². The lowest BCUT2D eigenvalue weighted by Crippen LogP contribution is -2.40. The molecule has 23 heavy (non-hydrogen) atoms. The third-order valence-electron chi connectivity index (χ3n) is 3.48. The van der Waals surface area contributed by atoms with Gasteiger partial charge < -0.3 is 24.6 Å². The third kappa shape index (κ3) is 8.88. The number of halogens is 2. The van der Waals surface area contributed by atoms with Crippen molar-refractivity contribution in [2.24, 2.45) is 0 Å². The number of hydrogen-bond donors (Lipinski definition) is 2. The van der Waals surface area contributed by atoms with Gasteiger partial charge in [-0.15, -0.1) is 12.4 Å². The molecule has 1 atom stereocenters. The van der Waals surface area contributed by atoms with Crippen LogP contribution in [0, 0.1) is 0 Å². The Morgan fingerprint density at radius 2 is 1.91 bits per heavy atom. The van der Waals surface area contributed by atoms with Crippen molar-refractivity contribution in [2.75, 3.05) is 39.6 Å². The second-order valence-electron chi connectivity index (χ2n) is 5.33. The third-order valence-corrected chi connectivity index (χ3v) is 4.01. The first-order valence-corrected chi connectivity index (χ1v) is 8.48. The van der Waals surface area contributed by atoms with Gasteiger partial charge in [0.25, 0.3) is 0 Å². The predicted molar refractivity (Wildman–Crippen MR) is 95.6 cm³/mol. The lowest BCUT2D eigenvalue weighted by molar-refractivity contribution is 0.0199. The minimum atomic E-state index is -0.490. The molecule has 1 aromatic rings. The van der Waals surface area contributed by atoms with Crippen LogP contribution < -0.4 is 10.1 Å². The summed E-state index contributed by atoms with van der Waals surface area (Å²) in [4.78, 5) is 0. The molecular weight excluding hydrogens is 386 g/mol. The molecule has 5 nitrogen and oxygen atoms in total. The van der Waals surface area contributed by atoms with Crippen molar-refractivity contribution in [3.63, 3.8) is 0 Å². The predicted octanol–water partition coefficient (Wildman–Crippen LogP) is 2.40. The Bertz CT molecular complexity index is 415. The maximum absolute atomic E-state index is 9.86. The standard InChI is InChI=1S/C16H24BrNO4.ClH/c17-13-1-3-16(4-2-13)22-10-9-21-12-15(19)11-18-14-5-7-20-8-6-14;/h1-4,14-15,18-19H,5-12H2;1H. The van der Waals surface area contributed by atoms with Crippen molar-refractivity contribution in [1.82, 2.24) is 5.32 Å². The molecule has 1 unspecified atom stereocenters. The quantitative estimate of drug-likeness (QED) is 0.612. The molecule has 0 aliphatic carbocycles. The van der Waals surface area contributed by atoms with Crippen LogP contribution in [0.4, 0.5) is 0 Å². The average molecular weight is 411 g/mol.